The van der Waals surface area contributed by atoms with Crippen LogP contribution in [0.4, 0.5) is 11.6 Å². The van der Waals surface area contributed by atoms with E-state index in [0.29, 0.717) is 23.9 Å². The summed E-state index contributed by atoms with van der Waals surface area (Å²) in [5.74, 6) is 1.15. The molecule has 0 bridgehead atoms. The smallest absolute Gasteiger partial charge is 0.305 e. The molecule has 2 aromatic rings. The summed E-state index contributed by atoms with van der Waals surface area (Å²) >= 11 is 0. The Morgan fingerprint density at radius 1 is 1.24 bits per heavy atom. The van der Waals surface area contributed by atoms with Gasteiger partial charge in [-0.05, 0) is 19.2 Å². The highest BCUT2D eigenvalue weighted by Gasteiger charge is 2.18. The average Bonchev–Trinajstić information content (AvgIpc) is 2.62. The minimum Gasteiger partial charge on any atom is -0.481 e. The first-order valence-electron chi connectivity index (χ1n) is 8.31. The summed E-state index contributed by atoms with van der Waals surface area (Å²) in [6, 6.07) is 7.48. The lowest BCUT2D eigenvalue weighted by atomic mass is 10.3. The first-order valence-corrected chi connectivity index (χ1v) is 8.31. The van der Waals surface area contributed by atoms with Gasteiger partial charge in [0.25, 0.3) is 0 Å². The van der Waals surface area contributed by atoms with Gasteiger partial charge in [0.05, 0.1) is 6.42 Å². The zero-order valence-electron chi connectivity index (χ0n) is 14.2. The monoisotopic (exact) mass is 342 g/mol. The van der Waals surface area contributed by atoms with E-state index in [-0.39, 0.29) is 6.42 Å². The number of carboxylic acids is 1. The van der Waals surface area contributed by atoms with Crippen molar-refractivity contribution in [2.45, 2.75) is 6.42 Å². The highest BCUT2D eigenvalue weighted by molar-refractivity contribution is 5.67. The highest BCUT2D eigenvalue weighted by atomic mass is 16.4. The van der Waals surface area contributed by atoms with E-state index in [0.717, 1.165) is 32.0 Å². The normalized spacial score (nSPS) is 15.2. The molecular weight excluding hydrogens is 320 g/mol. The average molecular weight is 342 g/mol. The van der Waals surface area contributed by atoms with Crippen molar-refractivity contribution in [1.29, 1.82) is 0 Å². The Balaban J connectivity index is 1.86. The first-order chi connectivity index (χ1) is 12.1. The van der Waals surface area contributed by atoms with Crippen molar-refractivity contribution in [3.05, 3.63) is 30.5 Å². The number of nitrogens with zero attached hydrogens (tertiary/aromatic N) is 5. The summed E-state index contributed by atoms with van der Waals surface area (Å²) in [5, 5.41) is 11.9. The molecule has 1 fully saturated rings. The first kappa shape index (κ1) is 17.1. The van der Waals surface area contributed by atoms with Crippen molar-refractivity contribution in [1.82, 2.24) is 19.9 Å². The fourth-order valence-corrected chi connectivity index (χ4v) is 2.63. The molecule has 0 atom stereocenters. The van der Waals surface area contributed by atoms with Crippen molar-refractivity contribution in [3.8, 4) is 11.5 Å². The van der Waals surface area contributed by atoms with Gasteiger partial charge in [-0.25, -0.2) is 9.97 Å². The zero-order valence-corrected chi connectivity index (χ0v) is 14.2. The van der Waals surface area contributed by atoms with Gasteiger partial charge in [-0.15, -0.1) is 0 Å². The van der Waals surface area contributed by atoms with E-state index in [9.17, 15) is 4.79 Å². The Morgan fingerprint density at radius 2 is 2.04 bits per heavy atom. The lowest BCUT2D eigenvalue weighted by Gasteiger charge is -2.33. The van der Waals surface area contributed by atoms with Gasteiger partial charge in [0.2, 0.25) is 0 Å². The topological polar surface area (TPSA) is 94.5 Å². The third-order valence-corrected chi connectivity index (χ3v) is 4.08. The molecule has 3 heterocycles. The summed E-state index contributed by atoms with van der Waals surface area (Å²) in [6.45, 7) is 4.05. The van der Waals surface area contributed by atoms with Gasteiger partial charge < -0.3 is 20.2 Å². The molecule has 0 spiro atoms. The number of carboxylic acid groups (broad SMARTS) is 1. The summed E-state index contributed by atoms with van der Waals surface area (Å²) < 4.78 is 0. The molecule has 132 valence electrons. The molecule has 8 nitrogen and oxygen atoms in total. The van der Waals surface area contributed by atoms with Gasteiger partial charge in [0.1, 0.15) is 17.3 Å². The number of likely N-dealkylation sites (N-methyl/N-ethyl adjacent to an activating group) is 1. The van der Waals surface area contributed by atoms with Crippen LogP contribution in [0.25, 0.3) is 11.5 Å². The zero-order chi connectivity index (χ0) is 17.6. The van der Waals surface area contributed by atoms with E-state index in [1.807, 2.05) is 24.3 Å². The number of anilines is 2. The fraction of sp³-hybridized carbons (Fsp3) is 0.412. The number of aliphatic carboxylic acids is 1. The quantitative estimate of drug-likeness (QED) is 0.808. The number of rotatable bonds is 6. The van der Waals surface area contributed by atoms with E-state index in [4.69, 9.17) is 5.11 Å². The molecule has 25 heavy (non-hydrogen) atoms. The van der Waals surface area contributed by atoms with Gasteiger partial charge >= 0.3 is 5.97 Å². The summed E-state index contributed by atoms with van der Waals surface area (Å²) in [7, 11) is 2.11. The molecule has 2 aromatic heterocycles. The Hall–Kier alpha value is -2.74. The second kappa shape index (κ2) is 7.89. The molecule has 1 aliphatic rings. The molecule has 8 heteroatoms. The summed E-state index contributed by atoms with van der Waals surface area (Å²) in [4.78, 5) is 28.7. The molecule has 0 radical (unpaired) electrons. The maximum Gasteiger partial charge on any atom is 0.305 e. The maximum atomic E-state index is 10.7. The van der Waals surface area contributed by atoms with E-state index in [1.165, 1.54) is 0 Å². The van der Waals surface area contributed by atoms with Crippen molar-refractivity contribution in [3.63, 3.8) is 0 Å². The van der Waals surface area contributed by atoms with Crippen LogP contribution in [-0.2, 0) is 4.79 Å². The number of piperazine rings is 1. The Kier molecular flexibility index (Phi) is 5.39. The molecule has 0 aromatic carbocycles. The lowest BCUT2D eigenvalue weighted by molar-refractivity contribution is -0.136. The molecule has 1 saturated heterocycles. The van der Waals surface area contributed by atoms with Crippen LogP contribution >= 0.6 is 0 Å². The minimum atomic E-state index is -0.842. The SMILES string of the molecule is CN1CCN(c2cc(NCCC(=O)O)nc(-c3ccccn3)n2)CC1. The lowest BCUT2D eigenvalue weighted by Crippen LogP contribution is -2.44. The Morgan fingerprint density at radius 3 is 2.72 bits per heavy atom. The maximum absolute atomic E-state index is 10.7. The molecule has 0 saturated carbocycles. The van der Waals surface area contributed by atoms with E-state index in [1.54, 1.807) is 6.20 Å². The van der Waals surface area contributed by atoms with Crippen molar-refractivity contribution < 1.29 is 9.90 Å². The predicted molar refractivity (Wildman–Crippen MR) is 95.7 cm³/mol. The van der Waals surface area contributed by atoms with Gasteiger partial charge in [-0.2, -0.15) is 0 Å². The van der Waals surface area contributed by atoms with Gasteiger partial charge in [-0.3, -0.25) is 9.78 Å². The van der Waals surface area contributed by atoms with Crippen LogP contribution in [0.1, 0.15) is 6.42 Å². The molecule has 0 aliphatic carbocycles. The van der Waals surface area contributed by atoms with Crippen LogP contribution in [0.2, 0.25) is 0 Å². The second-order valence-corrected chi connectivity index (χ2v) is 6.01. The third-order valence-electron chi connectivity index (χ3n) is 4.08. The van der Waals surface area contributed by atoms with Crippen molar-refractivity contribution in [2.75, 3.05) is 50.0 Å². The molecule has 0 unspecified atom stereocenters. The largest absolute Gasteiger partial charge is 0.481 e. The molecular formula is C17H22N6O2. The number of pyridine rings is 1. The fourth-order valence-electron chi connectivity index (χ4n) is 2.63. The number of carbonyl (C=O) groups is 1. The van der Waals surface area contributed by atoms with Crippen LogP contribution in [0.3, 0.4) is 0 Å². The van der Waals surface area contributed by atoms with Crippen LogP contribution < -0.4 is 10.2 Å². The number of hydrogen-bond acceptors (Lipinski definition) is 7. The Bertz CT molecular complexity index is 716. The standard InChI is InChI=1S/C17H22N6O2/c1-22-8-10-23(11-9-22)15-12-14(19-7-5-16(24)25)20-17(21-15)13-4-2-3-6-18-13/h2-4,6,12H,5,7-11H2,1H3,(H,24,25)(H,19,20,21). The second-order valence-electron chi connectivity index (χ2n) is 6.01. The van der Waals surface area contributed by atoms with Gasteiger partial charge in [-0.1, -0.05) is 6.07 Å². The van der Waals surface area contributed by atoms with Crippen LogP contribution in [0.5, 0.6) is 0 Å². The highest BCUT2D eigenvalue weighted by Crippen LogP contribution is 2.22. The van der Waals surface area contributed by atoms with Gasteiger partial charge in [0.15, 0.2) is 5.82 Å². The van der Waals surface area contributed by atoms with E-state index >= 15 is 0 Å². The van der Waals surface area contributed by atoms with E-state index in [2.05, 4.69) is 37.1 Å². The van der Waals surface area contributed by atoms with Crippen LogP contribution in [-0.4, -0.2) is 70.7 Å². The van der Waals surface area contributed by atoms with E-state index < -0.39 is 5.97 Å². The predicted octanol–water partition coefficient (Wildman–Crippen LogP) is 1.18. The van der Waals surface area contributed by atoms with Crippen LogP contribution in [0.15, 0.2) is 30.5 Å². The Labute approximate surface area is 146 Å². The molecule has 3 rings (SSSR count). The number of aromatic nitrogens is 3. The minimum absolute atomic E-state index is 0.0345. The summed E-state index contributed by atoms with van der Waals surface area (Å²) in [5.41, 5.74) is 0.694. The number of nitrogens with one attached hydrogen (secondary N) is 1. The van der Waals surface area contributed by atoms with Crippen molar-refractivity contribution in [2.24, 2.45) is 0 Å². The van der Waals surface area contributed by atoms with Crippen LogP contribution in [0, 0.1) is 0 Å². The van der Waals surface area contributed by atoms with Crippen molar-refractivity contribution >= 4 is 17.6 Å². The molecule has 0 amide bonds. The van der Waals surface area contributed by atoms with Gasteiger partial charge in [0, 0.05) is 45.0 Å². The summed E-state index contributed by atoms with van der Waals surface area (Å²) in [6.07, 6.45) is 1.74. The third kappa shape index (κ3) is 4.63. The number of hydrogen-bond donors (Lipinski definition) is 2. The molecule has 1 aliphatic heterocycles. The molecule has 2 N–H and O–H groups in total.